The zero-order chi connectivity index (χ0) is 13.8. The monoisotopic (exact) mass is 262 g/mol. The lowest BCUT2D eigenvalue weighted by molar-refractivity contribution is 0.185. The van der Waals surface area contributed by atoms with E-state index in [0.717, 1.165) is 26.2 Å². The van der Waals surface area contributed by atoms with Gasteiger partial charge in [0.1, 0.15) is 0 Å². The molecule has 0 atom stereocenters. The second-order valence-corrected chi connectivity index (χ2v) is 5.77. The highest BCUT2D eigenvalue weighted by atomic mass is 16.5. The van der Waals surface area contributed by atoms with Crippen LogP contribution in [0.2, 0.25) is 0 Å². The Morgan fingerprint density at radius 3 is 2.42 bits per heavy atom. The normalized spacial score (nSPS) is 17.2. The summed E-state index contributed by atoms with van der Waals surface area (Å²) < 4.78 is 5.38. The molecule has 1 aromatic rings. The van der Waals surface area contributed by atoms with Gasteiger partial charge in [-0.15, -0.1) is 0 Å². The van der Waals surface area contributed by atoms with Crippen LogP contribution < -0.4 is 4.90 Å². The smallest absolute Gasteiger partial charge is 0.0733 e. The maximum atomic E-state index is 5.38. The Kier molecular flexibility index (Phi) is 4.83. The van der Waals surface area contributed by atoms with Gasteiger partial charge < -0.3 is 14.5 Å². The number of likely N-dealkylation sites (N-methyl/N-ethyl adjacent to an activating group) is 1. The molecule has 0 amide bonds. The number of anilines is 1. The number of hydrogen-bond acceptors (Lipinski definition) is 3. The fourth-order valence-corrected chi connectivity index (χ4v) is 2.59. The Hall–Kier alpha value is -1.06. The van der Waals surface area contributed by atoms with E-state index in [1.165, 1.54) is 16.8 Å². The highest BCUT2D eigenvalue weighted by molar-refractivity contribution is 5.55. The molecule has 1 aromatic carbocycles. The Balaban J connectivity index is 2.23. The van der Waals surface area contributed by atoms with Crippen LogP contribution in [0, 0.1) is 0 Å². The van der Waals surface area contributed by atoms with Crippen LogP contribution in [0.1, 0.15) is 30.9 Å². The molecule has 1 aliphatic heterocycles. The average Bonchev–Trinajstić information content (AvgIpc) is 2.40. The van der Waals surface area contributed by atoms with Crippen molar-refractivity contribution in [2.75, 3.05) is 45.2 Å². The minimum atomic E-state index is 0.567. The van der Waals surface area contributed by atoms with Gasteiger partial charge in [-0.25, -0.2) is 0 Å². The molecule has 0 spiro atoms. The van der Waals surface area contributed by atoms with Crippen LogP contribution in [-0.2, 0) is 11.3 Å². The summed E-state index contributed by atoms with van der Waals surface area (Å²) >= 11 is 0. The second-order valence-electron chi connectivity index (χ2n) is 5.77. The topological polar surface area (TPSA) is 15.7 Å². The zero-order valence-corrected chi connectivity index (χ0v) is 12.6. The van der Waals surface area contributed by atoms with Gasteiger partial charge in [0.15, 0.2) is 0 Å². The van der Waals surface area contributed by atoms with Gasteiger partial charge in [-0.3, -0.25) is 0 Å². The van der Waals surface area contributed by atoms with Crippen molar-refractivity contribution in [1.82, 2.24) is 4.90 Å². The minimum absolute atomic E-state index is 0.567. The van der Waals surface area contributed by atoms with Gasteiger partial charge in [0.25, 0.3) is 0 Å². The van der Waals surface area contributed by atoms with Gasteiger partial charge in [-0.2, -0.15) is 0 Å². The third kappa shape index (κ3) is 3.48. The van der Waals surface area contributed by atoms with Crippen molar-refractivity contribution in [2.45, 2.75) is 26.4 Å². The number of nitrogens with zero attached hydrogens (tertiary/aromatic N) is 2. The summed E-state index contributed by atoms with van der Waals surface area (Å²) in [7, 11) is 3.96. The van der Waals surface area contributed by atoms with Crippen molar-refractivity contribution < 1.29 is 4.74 Å². The van der Waals surface area contributed by atoms with Crippen LogP contribution in [0.15, 0.2) is 18.2 Å². The number of rotatable bonds is 4. The molecule has 1 heterocycles. The third-order valence-electron chi connectivity index (χ3n) is 3.91. The lowest BCUT2D eigenvalue weighted by Gasteiger charge is -2.35. The molecular weight excluding hydrogens is 236 g/mol. The maximum absolute atomic E-state index is 5.38. The molecule has 0 aliphatic carbocycles. The number of piperazine rings is 1. The van der Waals surface area contributed by atoms with Crippen LogP contribution in [0.5, 0.6) is 0 Å². The van der Waals surface area contributed by atoms with E-state index in [1.807, 2.05) is 0 Å². The number of methoxy groups -OCH3 is 1. The van der Waals surface area contributed by atoms with Gasteiger partial charge in [-0.05, 0) is 24.6 Å². The predicted molar refractivity (Wildman–Crippen MR) is 81.0 cm³/mol. The Morgan fingerprint density at radius 2 is 1.84 bits per heavy atom. The summed E-state index contributed by atoms with van der Waals surface area (Å²) in [5.41, 5.74) is 4.06. The number of hydrogen-bond donors (Lipinski definition) is 0. The predicted octanol–water partition coefficient (Wildman–Crippen LogP) is 2.71. The summed E-state index contributed by atoms with van der Waals surface area (Å²) in [6.07, 6.45) is 0. The summed E-state index contributed by atoms with van der Waals surface area (Å²) in [6, 6.07) is 6.84. The number of benzene rings is 1. The molecule has 0 N–H and O–H groups in total. The SMILES string of the molecule is COCc1cc(C(C)C)ccc1N1CCN(C)CC1. The van der Waals surface area contributed by atoms with E-state index < -0.39 is 0 Å². The van der Waals surface area contributed by atoms with E-state index in [0.29, 0.717) is 12.5 Å². The van der Waals surface area contributed by atoms with Crippen molar-refractivity contribution in [3.05, 3.63) is 29.3 Å². The molecule has 1 aliphatic rings. The molecule has 0 unspecified atom stereocenters. The first-order valence-corrected chi connectivity index (χ1v) is 7.17. The second kappa shape index (κ2) is 6.40. The van der Waals surface area contributed by atoms with Crippen LogP contribution >= 0.6 is 0 Å². The molecule has 106 valence electrons. The van der Waals surface area contributed by atoms with Gasteiger partial charge in [0, 0.05) is 44.5 Å². The van der Waals surface area contributed by atoms with Crippen molar-refractivity contribution in [3.63, 3.8) is 0 Å². The summed E-state index contributed by atoms with van der Waals surface area (Å²) in [4.78, 5) is 4.87. The first-order chi connectivity index (χ1) is 9.11. The summed E-state index contributed by atoms with van der Waals surface area (Å²) in [5, 5.41) is 0. The molecule has 0 radical (unpaired) electrons. The highest BCUT2D eigenvalue weighted by Crippen LogP contribution is 2.27. The van der Waals surface area contributed by atoms with Crippen molar-refractivity contribution in [3.8, 4) is 0 Å². The highest BCUT2D eigenvalue weighted by Gasteiger charge is 2.17. The van der Waals surface area contributed by atoms with E-state index >= 15 is 0 Å². The molecule has 2 rings (SSSR count). The molecule has 1 fully saturated rings. The zero-order valence-electron chi connectivity index (χ0n) is 12.6. The van der Waals surface area contributed by atoms with Crippen molar-refractivity contribution in [2.24, 2.45) is 0 Å². The average molecular weight is 262 g/mol. The number of ether oxygens (including phenoxy) is 1. The first kappa shape index (κ1) is 14.4. The molecular formula is C16H26N2O. The lowest BCUT2D eigenvalue weighted by atomic mass is 9.99. The molecule has 0 aromatic heterocycles. The van der Waals surface area contributed by atoms with Crippen molar-refractivity contribution in [1.29, 1.82) is 0 Å². The maximum Gasteiger partial charge on any atom is 0.0733 e. The quantitative estimate of drug-likeness (QED) is 0.830. The van der Waals surface area contributed by atoms with Gasteiger partial charge in [-0.1, -0.05) is 26.0 Å². The fourth-order valence-electron chi connectivity index (χ4n) is 2.59. The van der Waals surface area contributed by atoms with E-state index in [1.54, 1.807) is 7.11 Å². The van der Waals surface area contributed by atoms with Crippen LogP contribution in [0.3, 0.4) is 0 Å². The molecule has 1 saturated heterocycles. The van der Waals surface area contributed by atoms with E-state index in [4.69, 9.17) is 4.74 Å². The third-order valence-corrected chi connectivity index (χ3v) is 3.91. The van der Waals surface area contributed by atoms with Crippen LogP contribution in [0.4, 0.5) is 5.69 Å². The molecule has 0 bridgehead atoms. The summed E-state index contributed by atoms with van der Waals surface area (Å²) in [5.74, 6) is 0.567. The first-order valence-electron chi connectivity index (χ1n) is 7.17. The van der Waals surface area contributed by atoms with Gasteiger partial charge in [0.2, 0.25) is 0 Å². The lowest BCUT2D eigenvalue weighted by Crippen LogP contribution is -2.44. The van der Waals surface area contributed by atoms with Crippen LogP contribution in [-0.4, -0.2) is 45.2 Å². The van der Waals surface area contributed by atoms with E-state index in [-0.39, 0.29) is 0 Å². The fraction of sp³-hybridized carbons (Fsp3) is 0.625. The Morgan fingerprint density at radius 1 is 1.16 bits per heavy atom. The Bertz CT molecular complexity index is 409. The van der Waals surface area contributed by atoms with Crippen molar-refractivity contribution >= 4 is 5.69 Å². The molecule has 3 nitrogen and oxygen atoms in total. The van der Waals surface area contributed by atoms with E-state index in [2.05, 4.69) is 48.9 Å². The minimum Gasteiger partial charge on any atom is -0.380 e. The summed E-state index contributed by atoms with van der Waals surface area (Å²) in [6.45, 7) is 9.66. The molecule has 3 heteroatoms. The van der Waals surface area contributed by atoms with E-state index in [9.17, 15) is 0 Å². The largest absolute Gasteiger partial charge is 0.380 e. The Labute approximate surface area is 117 Å². The van der Waals surface area contributed by atoms with Gasteiger partial charge >= 0.3 is 0 Å². The molecule has 19 heavy (non-hydrogen) atoms. The standard InChI is InChI=1S/C16H26N2O/c1-13(2)14-5-6-16(15(11-14)12-19-4)18-9-7-17(3)8-10-18/h5-6,11,13H,7-10,12H2,1-4H3. The van der Waals surface area contributed by atoms with Crippen LogP contribution in [0.25, 0.3) is 0 Å². The molecule has 0 saturated carbocycles. The van der Waals surface area contributed by atoms with Gasteiger partial charge in [0.05, 0.1) is 6.61 Å².